The predicted molar refractivity (Wildman–Crippen MR) is 83.5 cm³/mol. The van der Waals surface area contributed by atoms with Crippen molar-refractivity contribution >= 4 is 40.7 Å². The van der Waals surface area contributed by atoms with E-state index in [4.69, 9.17) is 0 Å². The van der Waals surface area contributed by atoms with Gasteiger partial charge in [-0.15, -0.1) is 24.8 Å². The van der Waals surface area contributed by atoms with Crippen molar-refractivity contribution in [1.29, 1.82) is 0 Å². The second-order valence-electron chi connectivity index (χ2n) is 4.53. The number of phenolic OH excluding ortho intramolecular Hbond substituents is 1. The van der Waals surface area contributed by atoms with Crippen LogP contribution in [0.4, 0.5) is 17.6 Å². The Bertz CT molecular complexity index is 499. The van der Waals surface area contributed by atoms with Crippen molar-refractivity contribution in [1.82, 2.24) is 10.2 Å². The fraction of sp³-hybridized carbons (Fsp3) is 0.500. The van der Waals surface area contributed by atoms with Gasteiger partial charge in [0, 0.05) is 31.7 Å². The Morgan fingerprint density at radius 2 is 1.73 bits per heavy atom. The van der Waals surface area contributed by atoms with Gasteiger partial charge >= 0.3 is 6.18 Å². The summed E-state index contributed by atoms with van der Waals surface area (Å²) in [5, 5.41) is 12.7. The van der Waals surface area contributed by atoms with E-state index < -0.39 is 29.3 Å². The smallest absolute Gasteiger partial charge is 0.408 e. The lowest BCUT2D eigenvalue weighted by molar-refractivity contribution is -0.188. The van der Waals surface area contributed by atoms with Crippen molar-refractivity contribution in [3.05, 3.63) is 28.0 Å². The van der Waals surface area contributed by atoms with Crippen LogP contribution in [0.5, 0.6) is 5.75 Å². The van der Waals surface area contributed by atoms with Crippen molar-refractivity contribution in [2.24, 2.45) is 0 Å². The van der Waals surface area contributed by atoms with Crippen molar-refractivity contribution < 1.29 is 22.7 Å². The van der Waals surface area contributed by atoms with Crippen LogP contribution in [-0.2, 0) is 0 Å². The minimum absolute atomic E-state index is 0. The number of nitrogens with zero attached hydrogens (tertiary/aromatic N) is 1. The molecule has 0 spiro atoms. The quantitative estimate of drug-likeness (QED) is 0.704. The van der Waals surface area contributed by atoms with Crippen LogP contribution in [0.1, 0.15) is 11.6 Å². The van der Waals surface area contributed by atoms with Crippen LogP contribution in [0.2, 0.25) is 0 Å². The first-order valence-electron chi connectivity index (χ1n) is 6.00. The van der Waals surface area contributed by atoms with E-state index in [-0.39, 0.29) is 42.4 Å². The first kappa shape index (κ1) is 21.7. The van der Waals surface area contributed by atoms with E-state index in [1.807, 2.05) is 0 Å². The average molecular weight is 430 g/mol. The number of halogens is 7. The zero-order valence-electron chi connectivity index (χ0n) is 11.2. The monoisotopic (exact) mass is 428 g/mol. The summed E-state index contributed by atoms with van der Waals surface area (Å²) in [6, 6.07) is 0.265. The van der Waals surface area contributed by atoms with E-state index in [0.29, 0.717) is 13.1 Å². The molecule has 1 heterocycles. The highest BCUT2D eigenvalue weighted by Gasteiger charge is 2.46. The summed E-state index contributed by atoms with van der Waals surface area (Å²) in [5.74, 6) is -2.04. The number of rotatable bonds is 2. The lowest BCUT2D eigenvalue weighted by atomic mass is 10.0. The van der Waals surface area contributed by atoms with Gasteiger partial charge in [-0.3, -0.25) is 4.90 Å². The zero-order chi connectivity index (χ0) is 14.9. The maximum atomic E-state index is 13.6. The largest absolute Gasteiger partial charge is 0.505 e. The molecule has 0 amide bonds. The van der Waals surface area contributed by atoms with Gasteiger partial charge < -0.3 is 10.4 Å². The highest BCUT2D eigenvalue weighted by molar-refractivity contribution is 9.10. The molecule has 1 fully saturated rings. The van der Waals surface area contributed by atoms with Crippen LogP contribution >= 0.6 is 40.7 Å². The molecule has 128 valence electrons. The van der Waals surface area contributed by atoms with Gasteiger partial charge in [0.2, 0.25) is 0 Å². The number of hydrogen-bond donors (Lipinski definition) is 2. The molecule has 10 heteroatoms. The number of alkyl halides is 3. The number of benzene rings is 1. The van der Waals surface area contributed by atoms with E-state index in [1.54, 1.807) is 0 Å². The molecule has 0 aromatic heterocycles. The lowest BCUT2D eigenvalue weighted by Crippen LogP contribution is -2.49. The Balaban J connectivity index is 0.00000220. The Hall–Kier alpha value is -0.280. The molecule has 0 aliphatic carbocycles. The van der Waals surface area contributed by atoms with Gasteiger partial charge in [-0.1, -0.05) is 6.07 Å². The number of aromatic hydroxyl groups is 1. The normalized spacial score (nSPS) is 17.3. The average Bonchev–Trinajstić information content (AvgIpc) is 2.39. The molecule has 1 atom stereocenters. The molecular weight excluding hydrogens is 415 g/mol. The van der Waals surface area contributed by atoms with Gasteiger partial charge in [0.1, 0.15) is 6.04 Å². The van der Waals surface area contributed by atoms with E-state index in [0.717, 1.165) is 6.07 Å². The second kappa shape index (κ2) is 8.54. The molecule has 22 heavy (non-hydrogen) atoms. The molecule has 0 saturated carbocycles. The van der Waals surface area contributed by atoms with Crippen molar-refractivity contribution in [3.8, 4) is 5.75 Å². The number of hydrogen-bond acceptors (Lipinski definition) is 3. The van der Waals surface area contributed by atoms with E-state index in [2.05, 4.69) is 21.2 Å². The highest BCUT2D eigenvalue weighted by Crippen LogP contribution is 2.43. The lowest BCUT2D eigenvalue weighted by Gasteiger charge is -2.36. The summed E-state index contributed by atoms with van der Waals surface area (Å²) in [6.07, 6.45) is -4.59. The Morgan fingerprint density at radius 3 is 2.23 bits per heavy atom. The van der Waals surface area contributed by atoms with Crippen molar-refractivity contribution in [2.45, 2.75) is 12.2 Å². The molecule has 0 radical (unpaired) electrons. The maximum absolute atomic E-state index is 13.6. The summed E-state index contributed by atoms with van der Waals surface area (Å²) in [5.41, 5.74) is -0.458. The molecule has 0 bridgehead atoms. The number of piperazine rings is 1. The standard InChI is InChI=1S/C12H13BrF4N2O.2ClH/c13-8-2-1-7(10(20)9(8)14)11(12(15,16)17)19-5-3-18-4-6-19;;/h1-2,11,18,20H,3-6H2;2*1H/t11-;;/m1../s1. The summed E-state index contributed by atoms with van der Waals surface area (Å²) in [7, 11) is 0. The fourth-order valence-corrected chi connectivity index (χ4v) is 2.62. The summed E-state index contributed by atoms with van der Waals surface area (Å²) in [4.78, 5) is 1.19. The van der Waals surface area contributed by atoms with E-state index in [9.17, 15) is 22.7 Å². The summed E-state index contributed by atoms with van der Waals surface area (Å²) < 4.78 is 53.4. The van der Waals surface area contributed by atoms with Crippen molar-refractivity contribution in [2.75, 3.05) is 26.2 Å². The minimum atomic E-state index is -4.59. The molecule has 0 unspecified atom stereocenters. The molecule has 1 aromatic rings. The molecule has 1 aliphatic heterocycles. The first-order valence-corrected chi connectivity index (χ1v) is 6.80. The van der Waals surface area contributed by atoms with Gasteiger partial charge in [-0.05, 0) is 22.0 Å². The molecule has 2 rings (SSSR count). The van der Waals surface area contributed by atoms with Gasteiger partial charge in [-0.2, -0.15) is 13.2 Å². The summed E-state index contributed by atoms with van der Waals surface area (Å²) in [6.45, 7) is 1.21. The Labute approximate surface area is 146 Å². The van der Waals surface area contributed by atoms with E-state index >= 15 is 0 Å². The van der Waals surface area contributed by atoms with Crippen LogP contribution in [-0.4, -0.2) is 42.4 Å². The van der Waals surface area contributed by atoms with Crippen LogP contribution < -0.4 is 5.32 Å². The van der Waals surface area contributed by atoms with Crippen LogP contribution in [0.15, 0.2) is 16.6 Å². The zero-order valence-corrected chi connectivity index (χ0v) is 14.4. The third-order valence-electron chi connectivity index (χ3n) is 3.22. The van der Waals surface area contributed by atoms with Crippen LogP contribution in [0.3, 0.4) is 0 Å². The Morgan fingerprint density at radius 1 is 1.18 bits per heavy atom. The molecule has 1 aliphatic rings. The third-order valence-corrected chi connectivity index (χ3v) is 3.83. The van der Waals surface area contributed by atoms with Crippen LogP contribution in [0, 0.1) is 5.82 Å². The molecule has 3 nitrogen and oxygen atoms in total. The molecule has 1 aromatic carbocycles. The SMILES string of the molecule is Cl.Cl.Oc1c([C@@H](N2CCNCC2)C(F)(F)F)ccc(Br)c1F. The second-order valence-corrected chi connectivity index (χ2v) is 5.38. The van der Waals surface area contributed by atoms with Gasteiger partial charge in [0.15, 0.2) is 11.6 Å². The molecular formula is C12H15BrCl2F4N2O. The van der Waals surface area contributed by atoms with Gasteiger partial charge in [0.05, 0.1) is 4.47 Å². The topological polar surface area (TPSA) is 35.5 Å². The highest BCUT2D eigenvalue weighted by atomic mass is 79.9. The predicted octanol–water partition coefficient (Wildman–Crippen LogP) is 3.65. The fourth-order valence-electron chi connectivity index (χ4n) is 2.30. The Kier molecular flexibility index (Phi) is 8.43. The van der Waals surface area contributed by atoms with E-state index in [1.165, 1.54) is 11.0 Å². The minimum Gasteiger partial charge on any atom is -0.505 e. The molecule has 2 N–H and O–H groups in total. The summed E-state index contributed by atoms with van der Waals surface area (Å²) >= 11 is 2.84. The number of phenols is 1. The third kappa shape index (κ3) is 4.61. The molecule has 1 saturated heterocycles. The van der Waals surface area contributed by atoms with Crippen molar-refractivity contribution in [3.63, 3.8) is 0 Å². The van der Waals surface area contributed by atoms with Gasteiger partial charge in [0.25, 0.3) is 0 Å². The van der Waals surface area contributed by atoms with Crippen LogP contribution in [0.25, 0.3) is 0 Å². The first-order chi connectivity index (χ1) is 9.32. The van der Waals surface area contributed by atoms with Gasteiger partial charge in [-0.25, -0.2) is 4.39 Å². The maximum Gasteiger partial charge on any atom is 0.408 e. The number of nitrogens with one attached hydrogen (secondary N) is 1.